The van der Waals surface area contributed by atoms with Crippen molar-refractivity contribution in [2.45, 2.75) is 37.8 Å². The summed E-state index contributed by atoms with van der Waals surface area (Å²) >= 11 is 0. The molecule has 0 amide bonds. The Morgan fingerprint density at radius 1 is 1.26 bits per heavy atom. The Morgan fingerprint density at radius 3 is 2.96 bits per heavy atom. The molecule has 0 saturated heterocycles. The normalized spacial score (nSPS) is 21.7. The second-order valence-electron chi connectivity index (χ2n) is 6.16. The summed E-state index contributed by atoms with van der Waals surface area (Å²) < 4.78 is 9.74. The minimum atomic E-state index is 0.120. The zero-order valence-corrected chi connectivity index (χ0v) is 13.1. The maximum Gasteiger partial charge on any atom is 0.240 e. The molecule has 0 spiro atoms. The number of ether oxygens (including phenoxy) is 1. The summed E-state index contributed by atoms with van der Waals surface area (Å²) in [5.74, 6) is 0.614. The topological polar surface area (TPSA) is 83.3 Å². The maximum absolute atomic E-state index is 6.19. The summed E-state index contributed by atoms with van der Waals surface area (Å²) in [6.45, 7) is 0. The average Bonchev–Trinajstić information content (AvgIpc) is 3.16. The highest BCUT2D eigenvalue weighted by molar-refractivity contribution is 5.63. The molecule has 0 unspecified atom stereocenters. The number of hydrogen-bond donors (Lipinski definition) is 1. The summed E-state index contributed by atoms with van der Waals surface area (Å²) in [4.78, 5) is 4.70. The lowest BCUT2D eigenvalue weighted by atomic mass is 9.94. The Kier molecular flexibility index (Phi) is 3.49. The number of nitrogens with two attached hydrogens (primary N) is 1. The Hall–Kier alpha value is -2.41. The quantitative estimate of drug-likeness (QED) is 0.797. The van der Waals surface area contributed by atoms with Gasteiger partial charge < -0.3 is 10.5 Å². The largest absolute Gasteiger partial charge is 0.473 e. The van der Waals surface area contributed by atoms with Gasteiger partial charge in [0.1, 0.15) is 11.6 Å². The second-order valence-corrected chi connectivity index (χ2v) is 6.16. The molecule has 1 saturated carbocycles. The maximum atomic E-state index is 6.19. The number of hydrogen-bond acceptors (Lipinski definition) is 5. The fourth-order valence-corrected chi connectivity index (χ4v) is 3.12. The van der Waals surface area contributed by atoms with Crippen LogP contribution >= 0.6 is 0 Å². The van der Waals surface area contributed by atoms with Crippen molar-refractivity contribution in [3.05, 3.63) is 30.9 Å². The predicted molar refractivity (Wildman–Crippen MR) is 86.0 cm³/mol. The van der Waals surface area contributed by atoms with E-state index in [0.29, 0.717) is 5.88 Å². The highest BCUT2D eigenvalue weighted by atomic mass is 16.5. The molecule has 3 aromatic heterocycles. The molecule has 4 rings (SSSR count). The summed E-state index contributed by atoms with van der Waals surface area (Å²) in [5, 5.41) is 8.53. The van der Waals surface area contributed by atoms with Gasteiger partial charge >= 0.3 is 0 Å². The minimum absolute atomic E-state index is 0.120. The molecular weight excluding hydrogens is 292 g/mol. The third-order valence-corrected chi connectivity index (χ3v) is 4.30. The molecule has 7 nitrogen and oxygen atoms in total. The molecular formula is C16H20N6O. The van der Waals surface area contributed by atoms with Gasteiger partial charge in [0.15, 0.2) is 0 Å². The van der Waals surface area contributed by atoms with Crippen LogP contribution in [0.1, 0.15) is 25.7 Å². The predicted octanol–water partition coefficient (Wildman–Crippen LogP) is 1.78. The number of fused-ring (bicyclic) bond motifs is 1. The van der Waals surface area contributed by atoms with Crippen LogP contribution in [0, 0.1) is 0 Å². The van der Waals surface area contributed by atoms with Crippen LogP contribution in [0.4, 0.5) is 0 Å². The van der Waals surface area contributed by atoms with E-state index in [1.807, 2.05) is 25.5 Å². The van der Waals surface area contributed by atoms with Crippen LogP contribution in [0.25, 0.3) is 16.8 Å². The van der Waals surface area contributed by atoms with Gasteiger partial charge in [0.25, 0.3) is 0 Å². The van der Waals surface area contributed by atoms with Crippen molar-refractivity contribution in [3.8, 4) is 17.1 Å². The first-order chi connectivity index (χ1) is 11.2. The van der Waals surface area contributed by atoms with E-state index in [-0.39, 0.29) is 12.1 Å². The number of aryl methyl sites for hydroxylation is 1. The lowest BCUT2D eigenvalue weighted by molar-refractivity contribution is 0.140. The molecule has 1 aliphatic rings. The number of nitrogens with zero attached hydrogens (tertiary/aromatic N) is 5. The van der Waals surface area contributed by atoms with Crippen molar-refractivity contribution in [3.63, 3.8) is 0 Å². The molecule has 7 heteroatoms. The Bertz CT molecular complexity index is 823. The highest BCUT2D eigenvalue weighted by Crippen LogP contribution is 2.27. The fourth-order valence-electron chi connectivity index (χ4n) is 3.12. The van der Waals surface area contributed by atoms with E-state index >= 15 is 0 Å². The van der Waals surface area contributed by atoms with Crippen molar-refractivity contribution in [1.29, 1.82) is 0 Å². The first-order valence-corrected chi connectivity index (χ1v) is 7.95. The Labute approximate surface area is 134 Å². The van der Waals surface area contributed by atoms with Gasteiger partial charge in [-0.15, -0.1) is 0 Å². The highest BCUT2D eigenvalue weighted by Gasteiger charge is 2.22. The zero-order valence-electron chi connectivity index (χ0n) is 13.1. The molecule has 0 radical (unpaired) electrons. The van der Waals surface area contributed by atoms with Crippen molar-refractivity contribution < 1.29 is 4.74 Å². The van der Waals surface area contributed by atoms with Crippen LogP contribution in [0.3, 0.4) is 0 Å². The molecule has 0 aromatic carbocycles. The average molecular weight is 312 g/mol. The zero-order chi connectivity index (χ0) is 15.8. The molecule has 1 fully saturated rings. The lowest BCUT2D eigenvalue weighted by Gasteiger charge is -2.27. The van der Waals surface area contributed by atoms with E-state index in [1.54, 1.807) is 21.6 Å². The van der Waals surface area contributed by atoms with E-state index in [4.69, 9.17) is 15.5 Å². The minimum Gasteiger partial charge on any atom is -0.473 e. The molecule has 23 heavy (non-hydrogen) atoms. The molecule has 0 aliphatic heterocycles. The molecule has 0 bridgehead atoms. The van der Waals surface area contributed by atoms with Crippen molar-refractivity contribution in [2.24, 2.45) is 12.8 Å². The number of aromatic nitrogens is 5. The first-order valence-electron chi connectivity index (χ1n) is 7.95. The first kappa shape index (κ1) is 14.2. The standard InChI is InChI=1S/C16H20N6O/c1-21-9-11(8-19-21)14-10-22-15(5-6-18-22)16(20-14)23-13-4-2-3-12(17)7-13/h5-6,8-10,12-13H,2-4,7,17H2,1H3/t12-,13+/m0/s1. The Morgan fingerprint density at radius 2 is 2.17 bits per heavy atom. The van der Waals surface area contributed by atoms with Gasteiger partial charge in [-0.05, 0) is 31.7 Å². The van der Waals surface area contributed by atoms with Gasteiger partial charge in [0.2, 0.25) is 5.88 Å². The van der Waals surface area contributed by atoms with Gasteiger partial charge in [-0.1, -0.05) is 0 Å². The van der Waals surface area contributed by atoms with Gasteiger partial charge in [-0.25, -0.2) is 9.50 Å². The molecule has 120 valence electrons. The second kappa shape index (κ2) is 5.66. The third-order valence-electron chi connectivity index (χ3n) is 4.30. The lowest BCUT2D eigenvalue weighted by Crippen LogP contribution is -2.34. The van der Waals surface area contributed by atoms with Crippen LogP contribution < -0.4 is 10.5 Å². The van der Waals surface area contributed by atoms with E-state index in [0.717, 1.165) is 42.5 Å². The number of rotatable bonds is 3. The van der Waals surface area contributed by atoms with E-state index in [1.165, 1.54) is 0 Å². The summed E-state index contributed by atoms with van der Waals surface area (Å²) in [5.41, 5.74) is 8.67. The van der Waals surface area contributed by atoms with E-state index in [9.17, 15) is 0 Å². The van der Waals surface area contributed by atoms with Crippen LogP contribution in [-0.2, 0) is 7.05 Å². The van der Waals surface area contributed by atoms with E-state index in [2.05, 4.69) is 10.2 Å². The van der Waals surface area contributed by atoms with Gasteiger partial charge in [-0.2, -0.15) is 10.2 Å². The third kappa shape index (κ3) is 2.79. The van der Waals surface area contributed by atoms with Crippen LogP contribution in [0.5, 0.6) is 5.88 Å². The van der Waals surface area contributed by atoms with Gasteiger partial charge in [0.05, 0.1) is 24.3 Å². The summed E-state index contributed by atoms with van der Waals surface area (Å²) in [6, 6.07) is 2.13. The van der Waals surface area contributed by atoms with Crippen LogP contribution in [0.2, 0.25) is 0 Å². The van der Waals surface area contributed by atoms with Crippen LogP contribution in [0.15, 0.2) is 30.9 Å². The summed E-state index contributed by atoms with van der Waals surface area (Å²) in [6.07, 6.45) is 11.6. The fraction of sp³-hybridized carbons (Fsp3) is 0.438. The van der Waals surface area contributed by atoms with Crippen molar-refractivity contribution >= 4 is 5.52 Å². The van der Waals surface area contributed by atoms with Gasteiger partial charge in [-0.3, -0.25) is 4.68 Å². The molecule has 2 atom stereocenters. The monoisotopic (exact) mass is 312 g/mol. The molecule has 1 aliphatic carbocycles. The van der Waals surface area contributed by atoms with E-state index < -0.39 is 0 Å². The van der Waals surface area contributed by atoms with Crippen LogP contribution in [-0.4, -0.2) is 36.5 Å². The molecule has 3 heterocycles. The van der Waals surface area contributed by atoms with Gasteiger partial charge in [0, 0.05) is 24.8 Å². The molecule has 2 N–H and O–H groups in total. The Balaban J connectivity index is 1.71. The smallest absolute Gasteiger partial charge is 0.240 e. The van der Waals surface area contributed by atoms with Crippen molar-refractivity contribution in [2.75, 3.05) is 0 Å². The SMILES string of the molecule is Cn1cc(-c2cn3nccc3c(O[C@@H]3CCC[C@H](N)C3)n2)cn1. The summed E-state index contributed by atoms with van der Waals surface area (Å²) in [7, 11) is 1.89. The molecule has 3 aromatic rings. The van der Waals surface area contributed by atoms with Crippen molar-refractivity contribution in [1.82, 2.24) is 24.4 Å².